The van der Waals surface area contributed by atoms with Crippen LogP contribution in [0, 0.1) is 6.07 Å². The maximum absolute atomic E-state index is 6.21. The molecular formula is C21H26ClN2O3. The molecular weight excluding hydrogens is 364 g/mol. The van der Waals surface area contributed by atoms with Gasteiger partial charge < -0.3 is 13.9 Å². The van der Waals surface area contributed by atoms with E-state index in [1.54, 1.807) is 6.07 Å². The minimum atomic E-state index is 0.343. The third kappa shape index (κ3) is 5.03. The molecule has 0 bridgehead atoms. The minimum absolute atomic E-state index is 0.343. The van der Waals surface area contributed by atoms with Gasteiger partial charge in [0.05, 0.1) is 18.2 Å². The van der Waals surface area contributed by atoms with Crippen molar-refractivity contribution in [2.75, 3.05) is 26.3 Å². The number of halogens is 1. The van der Waals surface area contributed by atoms with E-state index in [2.05, 4.69) is 11.0 Å². The minimum Gasteiger partial charge on any atom is -0.485 e. The van der Waals surface area contributed by atoms with Gasteiger partial charge in [-0.15, -0.1) is 0 Å². The van der Waals surface area contributed by atoms with Crippen LogP contribution in [-0.4, -0.2) is 36.2 Å². The zero-order chi connectivity index (χ0) is 18.5. The summed E-state index contributed by atoms with van der Waals surface area (Å²) in [4.78, 5) is 7.25. The van der Waals surface area contributed by atoms with Gasteiger partial charge in [-0.25, -0.2) is 4.98 Å². The average Bonchev–Trinajstić information content (AvgIpc) is 3.11. The van der Waals surface area contributed by atoms with Crippen molar-refractivity contribution in [2.45, 2.75) is 51.2 Å². The zero-order valence-corrected chi connectivity index (χ0v) is 16.3. The lowest BCUT2D eigenvalue weighted by Crippen LogP contribution is -2.36. The van der Waals surface area contributed by atoms with E-state index < -0.39 is 0 Å². The Labute approximate surface area is 165 Å². The van der Waals surface area contributed by atoms with Crippen LogP contribution in [0.5, 0.6) is 5.75 Å². The van der Waals surface area contributed by atoms with E-state index in [9.17, 15) is 0 Å². The van der Waals surface area contributed by atoms with Gasteiger partial charge in [0.1, 0.15) is 18.1 Å². The van der Waals surface area contributed by atoms with Gasteiger partial charge in [-0.2, -0.15) is 0 Å². The average molecular weight is 390 g/mol. The first-order valence-electron chi connectivity index (χ1n) is 9.87. The molecule has 1 aliphatic carbocycles. The summed E-state index contributed by atoms with van der Waals surface area (Å²) in [7, 11) is 0. The summed E-state index contributed by atoms with van der Waals surface area (Å²) in [6.45, 7) is 4.52. The molecule has 2 fully saturated rings. The van der Waals surface area contributed by atoms with Crippen molar-refractivity contribution in [3.8, 4) is 5.75 Å². The van der Waals surface area contributed by atoms with Crippen molar-refractivity contribution < 1.29 is 13.9 Å². The highest BCUT2D eigenvalue weighted by molar-refractivity contribution is 6.30. The molecule has 0 atom stereocenters. The van der Waals surface area contributed by atoms with Gasteiger partial charge >= 0.3 is 0 Å². The maximum Gasteiger partial charge on any atom is 0.197 e. The lowest BCUT2D eigenvalue weighted by atomic mass is 9.89. The van der Waals surface area contributed by atoms with Gasteiger partial charge in [0.25, 0.3) is 0 Å². The molecule has 2 aliphatic rings. The van der Waals surface area contributed by atoms with Gasteiger partial charge in [-0.05, 0) is 25.0 Å². The van der Waals surface area contributed by atoms with E-state index in [0.717, 1.165) is 50.2 Å². The summed E-state index contributed by atoms with van der Waals surface area (Å²) < 4.78 is 17.6. The Balaban J connectivity index is 1.50. The fourth-order valence-corrected chi connectivity index (χ4v) is 3.95. The second-order valence-electron chi connectivity index (χ2n) is 7.30. The molecule has 6 heteroatoms. The molecule has 0 N–H and O–H groups in total. The van der Waals surface area contributed by atoms with Crippen LogP contribution in [0.25, 0.3) is 0 Å². The predicted molar refractivity (Wildman–Crippen MR) is 103 cm³/mol. The summed E-state index contributed by atoms with van der Waals surface area (Å²) in [6.07, 6.45) is 6.17. The Morgan fingerprint density at radius 2 is 2.00 bits per heavy atom. The number of oxazole rings is 1. The Kier molecular flexibility index (Phi) is 6.32. The second-order valence-corrected chi connectivity index (χ2v) is 7.70. The number of aromatic nitrogens is 1. The van der Waals surface area contributed by atoms with Crippen molar-refractivity contribution in [1.82, 2.24) is 9.88 Å². The lowest BCUT2D eigenvalue weighted by Gasteiger charge is -2.25. The third-order valence-corrected chi connectivity index (χ3v) is 5.54. The number of ether oxygens (including phenoxy) is 2. The van der Waals surface area contributed by atoms with Crippen molar-refractivity contribution in [1.29, 1.82) is 0 Å². The van der Waals surface area contributed by atoms with E-state index in [1.165, 1.54) is 32.1 Å². The van der Waals surface area contributed by atoms with E-state index in [-0.39, 0.29) is 0 Å². The van der Waals surface area contributed by atoms with Gasteiger partial charge in [0.2, 0.25) is 0 Å². The highest BCUT2D eigenvalue weighted by atomic mass is 35.5. The van der Waals surface area contributed by atoms with Crippen molar-refractivity contribution in [3.05, 3.63) is 46.6 Å². The summed E-state index contributed by atoms with van der Waals surface area (Å²) in [5.74, 6) is 2.76. The predicted octanol–water partition coefficient (Wildman–Crippen LogP) is 4.59. The number of hydrogen-bond donors (Lipinski definition) is 0. The Morgan fingerprint density at radius 3 is 2.78 bits per heavy atom. The smallest absolute Gasteiger partial charge is 0.197 e. The molecule has 1 radical (unpaired) electrons. The first kappa shape index (κ1) is 18.8. The highest BCUT2D eigenvalue weighted by Gasteiger charge is 2.25. The molecule has 1 aromatic heterocycles. The number of benzene rings is 1. The molecule has 27 heavy (non-hydrogen) atoms. The Morgan fingerprint density at radius 1 is 1.19 bits per heavy atom. The molecule has 0 amide bonds. The monoisotopic (exact) mass is 389 g/mol. The van der Waals surface area contributed by atoms with Gasteiger partial charge in [0.15, 0.2) is 11.7 Å². The van der Waals surface area contributed by atoms with Crippen LogP contribution in [0.1, 0.15) is 55.4 Å². The summed E-state index contributed by atoms with van der Waals surface area (Å²) in [6, 6.07) is 8.50. The SMILES string of the molecule is Clc1[c]c(OCc2oc(C3CCCCC3)nc2CN2CCOCC2)ccc1. The maximum atomic E-state index is 6.21. The molecule has 1 saturated heterocycles. The second kappa shape index (κ2) is 9.09. The molecule has 1 saturated carbocycles. The third-order valence-electron chi connectivity index (χ3n) is 5.32. The van der Waals surface area contributed by atoms with E-state index in [0.29, 0.717) is 23.3 Å². The van der Waals surface area contributed by atoms with Crippen LogP contribution < -0.4 is 4.74 Å². The van der Waals surface area contributed by atoms with E-state index in [1.807, 2.05) is 12.1 Å². The van der Waals surface area contributed by atoms with Crippen LogP contribution in [0.3, 0.4) is 0 Å². The lowest BCUT2D eigenvalue weighted by molar-refractivity contribution is 0.0333. The highest BCUT2D eigenvalue weighted by Crippen LogP contribution is 2.33. The van der Waals surface area contributed by atoms with Crippen LogP contribution >= 0.6 is 11.6 Å². The van der Waals surface area contributed by atoms with E-state index in [4.69, 9.17) is 30.5 Å². The topological polar surface area (TPSA) is 47.7 Å². The number of hydrogen-bond acceptors (Lipinski definition) is 5. The van der Waals surface area contributed by atoms with E-state index >= 15 is 0 Å². The van der Waals surface area contributed by atoms with Crippen LogP contribution in [0.4, 0.5) is 0 Å². The molecule has 145 valence electrons. The number of morpholine rings is 1. The molecule has 2 aromatic rings. The Bertz CT molecular complexity index is 737. The normalized spacial score (nSPS) is 19.3. The van der Waals surface area contributed by atoms with Crippen molar-refractivity contribution in [3.63, 3.8) is 0 Å². The zero-order valence-electron chi connectivity index (χ0n) is 15.6. The molecule has 4 rings (SSSR count). The Hall–Kier alpha value is -1.56. The van der Waals surface area contributed by atoms with Crippen molar-refractivity contribution >= 4 is 11.6 Å². The number of nitrogens with zero attached hydrogens (tertiary/aromatic N) is 2. The molecule has 0 spiro atoms. The first-order valence-corrected chi connectivity index (χ1v) is 10.2. The van der Waals surface area contributed by atoms with Gasteiger partial charge in [0, 0.05) is 31.6 Å². The summed E-state index contributed by atoms with van der Waals surface area (Å²) in [5.41, 5.74) is 0.986. The quantitative estimate of drug-likeness (QED) is 0.723. The van der Waals surface area contributed by atoms with Gasteiger partial charge in [-0.3, -0.25) is 4.90 Å². The van der Waals surface area contributed by atoms with Crippen LogP contribution in [-0.2, 0) is 17.9 Å². The summed E-state index contributed by atoms with van der Waals surface area (Å²) >= 11 is 6.00. The summed E-state index contributed by atoms with van der Waals surface area (Å²) in [5, 5.41) is 0.543. The first-order chi connectivity index (χ1) is 13.3. The van der Waals surface area contributed by atoms with Crippen molar-refractivity contribution in [2.24, 2.45) is 0 Å². The standard InChI is InChI=1S/C21H26ClN2O3/c22-17-7-4-8-18(13-17)26-15-20-19(14-24-9-11-25-12-10-24)23-21(27-20)16-5-2-1-3-6-16/h4,7-8,16H,1-3,5-6,9-12,14-15H2. The fourth-order valence-electron chi connectivity index (χ4n) is 3.78. The van der Waals surface area contributed by atoms with Gasteiger partial charge in [-0.1, -0.05) is 36.9 Å². The molecule has 5 nitrogen and oxygen atoms in total. The van der Waals surface area contributed by atoms with Crippen LogP contribution in [0.2, 0.25) is 5.02 Å². The van der Waals surface area contributed by atoms with Crippen LogP contribution in [0.15, 0.2) is 22.6 Å². The number of rotatable bonds is 6. The fraction of sp³-hybridized carbons (Fsp3) is 0.571. The molecule has 0 unspecified atom stereocenters. The largest absolute Gasteiger partial charge is 0.485 e. The molecule has 2 heterocycles. The molecule has 1 aromatic carbocycles. The molecule has 1 aliphatic heterocycles.